The van der Waals surface area contributed by atoms with Crippen molar-refractivity contribution in [2.75, 3.05) is 12.3 Å². The molecule has 0 aromatic carbocycles. The van der Waals surface area contributed by atoms with Gasteiger partial charge in [0.15, 0.2) is 5.13 Å². The predicted octanol–water partition coefficient (Wildman–Crippen LogP) is 0.511. The zero-order chi connectivity index (χ0) is 9.26. The van der Waals surface area contributed by atoms with Crippen molar-refractivity contribution in [2.24, 2.45) is 0 Å². The summed E-state index contributed by atoms with van der Waals surface area (Å²) in [5.41, 5.74) is 5.49. The molecule has 0 bridgehead atoms. The van der Waals surface area contributed by atoms with E-state index < -0.39 is 6.10 Å². The molecule has 72 valence electrons. The molecule has 0 radical (unpaired) electrons. The van der Waals surface area contributed by atoms with Gasteiger partial charge in [-0.3, -0.25) is 0 Å². The number of hydrogen-bond acceptors (Lipinski definition) is 5. The molecular weight excluding hydrogens is 186 g/mol. The van der Waals surface area contributed by atoms with Crippen LogP contribution in [0.4, 0.5) is 5.13 Å². The average molecular weight is 199 g/mol. The maximum Gasteiger partial charge on any atom is 0.180 e. The van der Waals surface area contributed by atoms with Crippen molar-refractivity contribution in [3.63, 3.8) is 0 Å². The van der Waals surface area contributed by atoms with Crippen molar-refractivity contribution in [2.45, 2.75) is 25.0 Å². The highest BCUT2D eigenvalue weighted by Gasteiger charge is 2.25. The van der Waals surface area contributed by atoms with Gasteiger partial charge in [-0.05, 0) is 19.4 Å². The maximum atomic E-state index is 9.89. The minimum absolute atomic E-state index is 0.180. The summed E-state index contributed by atoms with van der Waals surface area (Å²) in [4.78, 5) is 4.78. The van der Waals surface area contributed by atoms with E-state index in [0.717, 1.165) is 24.3 Å². The SMILES string of the molecule is Nc1ncc(C(O)C2CCCN2)s1. The quantitative estimate of drug-likeness (QED) is 0.649. The molecule has 2 atom stereocenters. The minimum atomic E-state index is -0.447. The number of anilines is 1. The number of nitrogens with zero attached hydrogens (tertiary/aromatic N) is 1. The van der Waals surface area contributed by atoms with Gasteiger partial charge in [-0.1, -0.05) is 11.3 Å². The Morgan fingerprint density at radius 3 is 3.15 bits per heavy atom. The Bertz CT molecular complexity index is 283. The van der Waals surface area contributed by atoms with Crippen molar-refractivity contribution >= 4 is 16.5 Å². The molecule has 0 spiro atoms. The van der Waals surface area contributed by atoms with E-state index in [1.54, 1.807) is 6.20 Å². The van der Waals surface area contributed by atoms with E-state index in [-0.39, 0.29) is 6.04 Å². The van der Waals surface area contributed by atoms with Gasteiger partial charge in [0.1, 0.15) is 6.10 Å². The first-order valence-electron chi connectivity index (χ1n) is 4.40. The van der Waals surface area contributed by atoms with Crippen LogP contribution in [0.15, 0.2) is 6.20 Å². The fourth-order valence-electron chi connectivity index (χ4n) is 1.62. The zero-order valence-corrected chi connectivity index (χ0v) is 8.05. The highest BCUT2D eigenvalue weighted by molar-refractivity contribution is 7.15. The Kier molecular flexibility index (Phi) is 2.48. The second kappa shape index (κ2) is 3.61. The molecule has 1 saturated heterocycles. The number of thiazole rings is 1. The van der Waals surface area contributed by atoms with Crippen molar-refractivity contribution in [3.8, 4) is 0 Å². The van der Waals surface area contributed by atoms with Crippen LogP contribution in [0.2, 0.25) is 0 Å². The number of aliphatic hydroxyl groups excluding tert-OH is 1. The molecule has 1 fully saturated rings. The number of rotatable bonds is 2. The van der Waals surface area contributed by atoms with Crippen LogP contribution in [0, 0.1) is 0 Å². The van der Waals surface area contributed by atoms with E-state index in [0.29, 0.717) is 5.13 Å². The third kappa shape index (κ3) is 1.82. The van der Waals surface area contributed by atoms with Gasteiger partial charge >= 0.3 is 0 Å². The molecule has 2 unspecified atom stereocenters. The lowest BCUT2D eigenvalue weighted by Crippen LogP contribution is -2.28. The summed E-state index contributed by atoms with van der Waals surface area (Å²) < 4.78 is 0. The first-order valence-corrected chi connectivity index (χ1v) is 5.21. The molecule has 5 heteroatoms. The molecule has 13 heavy (non-hydrogen) atoms. The van der Waals surface area contributed by atoms with Crippen molar-refractivity contribution in [1.82, 2.24) is 10.3 Å². The minimum Gasteiger partial charge on any atom is -0.386 e. The predicted molar refractivity (Wildman–Crippen MR) is 52.5 cm³/mol. The van der Waals surface area contributed by atoms with Gasteiger partial charge in [-0.2, -0.15) is 0 Å². The third-order valence-corrected chi connectivity index (χ3v) is 3.21. The van der Waals surface area contributed by atoms with Crippen molar-refractivity contribution in [3.05, 3.63) is 11.1 Å². The van der Waals surface area contributed by atoms with Gasteiger partial charge in [0.05, 0.1) is 4.88 Å². The van der Waals surface area contributed by atoms with E-state index in [9.17, 15) is 5.11 Å². The molecule has 1 aliphatic heterocycles. The van der Waals surface area contributed by atoms with E-state index in [4.69, 9.17) is 5.73 Å². The second-order valence-corrected chi connectivity index (χ2v) is 4.34. The summed E-state index contributed by atoms with van der Waals surface area (Å²) in [6, 6.07) is 0.180. The van der Waals surface area contributed by atoms with Crippen molar-refractivity contribution < 1.29 is 5.11 Å². The summed E-state index contributed by atoms with van der Waals surface area (Å²) >= 11 is 1.36. The summed E-state index contributed by atoms with van der Waals surface area (Å²) in [7, 11) is 0. The molecule has 1 aromatic heterocycles. The molecule has 1 aliphatic rings. The summed E-state index contributed by atoms with van der Waals surface area (Å²) in [5.74, 6) is 0. The number of aliphatic hydroxyl groups is 1. The fourth-order valence-corrected chi connectivity index (χ4v) is 2.35. The molecule has 2 rings (SSSR count). The van der Waals surface area contributed by atoms with E-state index in [1.165, 1.54) is 11.3 Å². The lowest BCUT2D eigenvalue weighted by atomic mass is 10.1. The summed E-state index contributed by atoms with van der Waals surface area (Å²) in [5, 5.41) is 13.7. The van der Waals surface area contributed by atoms with Crippen LogP contribution in [0.3, 0.4) is 0 Å². The molecule has 4 nitrogen and oxygen atoms in total. The Labute approximate surface area is 80.8 Å². The van der Waals surface area contributed by atoms with E-state index in [2.05, 4.69) is 10.3 Å². The molecule has 2 heterocycles. The van der Waals surface area contributed by atoms with Gasteiger partial charge < -0.3 is 16.2 Å². The van der Waals surface area contributed by atoms with Gasteiger partial charge in [0.25, 0.3) is 0 Å². The van der Waals surface area contributed by atoms with Crippen molar-refractivity contribution in [1.29, 1.82) is 0 Å². The Morgan fingerprint density at radius 2 is 2.62 bits per heavy atom. The normalized spacial score (nSPS) is 24.8. The maximum absolute atomic E-state index is 9.89. The molecule has 0 amide bonds. The highest BCUT2D eigenvalue weighted by Crippen LogP contribution is 2.27. The van der Waals surface area contributed by atoms with Gasteiger partial charge in [0, 0.05) is 12.2 Å². The average Bonchev–Trinajstić information content (AvgIpc) is 2.72. The number of nitrogens with two attached hydrogens (primary N) is 1. The topological polar surface area (TPSA) is 71.2 Å². The number of nitrogen functional groups attached to an aromatic ring is 1. The van der Waals surface area contributed by atoms with E-state index in [1.807, 2.05) is 0 Å². The first kappa shape index (κ1) is 8.93. The van der Waals surface area contributed by atoms with Crippen LogP contribution in [0.25, 0.3) is 0 Å². The molecule has 0 aliphatic carbocycles. The van der Waals surface area contributed by atoms with Crippen LogP contribution in [0.5, 0.6) is 0 Å². The van der Waals surface area contributed by atoms with Crippen LogP contribution < -0.4 is 11.1 Å². The number of hydrogen-bond donors (Lipinski definition) is 3. The third-order valence-electron chi connectivity index (χ3n) is 2.31. The second-order valence-electron chi connectivity index (χ2n) is 3.25. The monoisotopic (exact) mass is 199 g/mol. The van der Waals surface area contributed by atoms with Crippen LogP contribution >= 0.6 is 11.3 Å². The summed E-state index contributed by atoms with van der Waals surface area (Å²) in [6.45, 7) is 0.996. The van der Waals surface area contributed by atoms with Gasteiger partial charge in [-0.25, -0.2) is 4.98 Å². The Morgan fingerprint density at radius 1 is 1.77 bits per heavy atom. The smallest absolute Gasteiger partial charge is 0.180 e. The molecule has 0 saturated carbocycles. The van der Waals surface area contributed by atoms with Gasteiger partial charge in [0.2, 0.25) is 0 Å². The first-order chi connectivity index (χ1) is 6.27. The summed E-state index contributed by atoms with van der Waals surface area (Å²) in [6.07, 6.45) is 3.37. The lowest BCUT2D eigenvalue weighted by molar-refractivity contribution is 0.141. The number of aromatic nitrogens is 1. The van der Waals surface area contributed by atoms with E-state index >= 15 is 0 Å². The fraction of sp³-hybridized carbons (Fsp3) is 0.625. The van der Waals surface area contributed by atoms with Crippen LogP contribution in [0.1, 0.15) is 23.8 Å². The highest BCUT2D eigenvalue weighted by atomic mass is 32.1. The molecule has 1 aromatic rings. The van der Waals surface area contributed by atoms with Gasteiger partial charge in [-0.15, -0.1) is 0 Å². The largest absolute Gasteiger partial charge is 0.386 e. The standard InChI is InChI=1S/C8H13N3OS/c9-8-11-4-6(13-8)7(12)5-2-1-3-10-5/h4-5,7,10,12H,1-3H2,(H2,9,11). The van der Waals surface area contributed by atoms with Crippen LogP contribution in [-0.4, -0.2) is 22.7 Å². The lowest BCUT2D eigenvalue weighted by Gasteiger charge is -2.15. The zero-order valence-electron chi connectivity index (χ0n) is 7.23. The number of nitrogens with one attached hydrogen (secondary N) is 1. The van der Waals surface area contributed by atoms with Crippen LogP contribution in [-0.2, 0) is 0 Å². The molecule has 4 N–H and O–H groups in total. The molecular formula is C8H13N3OS. The Balaban J connectivity index is 2.07. The Hall–Kier alpha value is -0.650.